The van der Waals surface area contributed by atoms with E-state index >= 15 is 0 Å². The summed E-state index contributed by atoms with van der Waals surface area (Å²) in [4.78, 5) is 39.9. The zero-order valence-electron chi connectivity index (χ0n) is 25.8. The van der Waals surface area contributed by atoms with Crippen molar-refractivity contribution in [3.05, 3.63) is 35.9 Å². The van der Waals surface area contributed by atoms with Crippen molar-refractivity contribution >= 4 is 40.4 Å². The van der Waals surface area contributed by atoms with Gasteiger partial charge in [0.25, 0.3) is 0 Å². The monoisotopic (exact) mass is 636 g/mol. The second-order valence-electron chi connectivity index (χ2n) is 11.3. The molecule has 0 aromatic heterocycles. The van der Waals surface area contributed by atoms with Gasteiger partial charge in [-0.3, -0.25) is 14.4 Å². The Kier molecular flexibility index (Phi) is 18.1. The molecule has 0 heterocycles. The van der Waals surface area contributed by atoms with E-state index in [1.165, 1.54) is 0 Å². The molecule has 7 atom stereocenters. The van der Waals surface area contributed by atoms with Gasteiger partial charge in [0.2, 0.25) is 17.7 Å². The second-order valence-corrected chi connectivity index (χ2v) is 12.7. The number of nitrogens with two attached hydrogens (primary N) is 1. The van der Waals surface area contributed by atoms with Gasteiger partial charge in [-0.2, -0.15) is 8.42 Å². The number of hydrogen-bond donors (Lipinski definition) is 4. The smallest absolute Gasteiger partial charge is 0.304 e. The number of ether oxygens (including phenoxy) is 1. The van der Waals surface area contributed by atoms with Crippen LogP contribution in [0.3, 0.4) is 0 Å². The highest BCUT2D eigenvalue weighted by Gasteiger charge is 2.35. The quantitative estimate of drug-likeness (QED) is 0.180. The molecule has 0 saturated carbocycles. The maximum atomic E-state index is 13.6. The van der Waals surface area contributed by atoms with Crippen molar-refractivity contribution in [3.8, 4) is 0 Å². The molecule has 1 aromatic rings. The molecule has 0 radical (unpaired) electrons. The van der Waals surface area contributed by atoms with Gasteiger partial charge >= 0.3 is 10.2 Å². The van der Waals surface area contributed by atoms with Gasteiger partial charge in [-0.1, -0.05) is 84.7 Å². The Morgan fingerprint density at radius 2 is 1.38 bits per heavy atom. The summed E-state index contributed by atoms with van der Waals surface area (Å²) < 4.78 is 42.3. The van der Waals surface area contributed by atoms with Crippen LogP contribution in [0.15, 0.2) is 30.3 Å². The summed E-state index contributed by atoms with van der Waals surface area (Å²) >= 11 is 0. The lowest BCUT2D eigenvalue weighted by Gasteiger charge is -2.31. The molecule has 0 spiro atoms. The van der Waals surface area contributed by atoms with Gasteiger partial charge in [-0.25, -0.2) is 0 Å². The molecule has 42 heavy (non-hydrogen) atoms. The van der Waals surface area contributed by atoms with Crippen LogP contribution in [0.25, 0.3) is 0 Å². The fourth-order valence-corrected chi connectivity index (χ4v) is 4.97. The maximum Gasteiger partial charge on any atom is 0.304 e. The summed E-state index contributed by atoms with van der Waals surface area (Å²) in [7, 11) is -4.88. The highest BCUT2D eigenvalue weighted by Crippen LogP contribution is 2.14. The van der Waals surface area contributed by atoms with Crippen molar-refractivity contribution in [2.24, 2.45) is 23.5 Å². The van der Waals surface area contributed by atoms with Gasteiger partial charge in [0.1, 0.15) is 17.8 Å². The lowest BCUT2D eigenvalue weighted by atomic mass is 9.95. The Morgan fingerprint density at radius 3 is 1.88 bits per heavy atom. The van der Waals surface area contributed by atoms with Crippen LogP contribution in [0.4, 0.5) is 3.89 Å². The van der Waals surface area contributed by atoms with Crippen LogP contribution in [0, 0.1) is 17.8 Å². The summed E-state index contributed by atoms with van der Waals surface area (Å²) in [6, 6.07) is 5.14. The van der Waals surface area contributed by atoms with E-state index in [4.69, 9.17) is 10.5 Å². The highest BCUT2D eigenvalue weighted by atomic mass is 35.5. The number of benzene rings is 1. The number of hydrogen-bond acceptors (Lipinski definition) is 7. The lowest BCUT2D eigenvalue weighted by molar-refractivity contribution is -0.136. The van der Waals surface area contributed by atoms with Crippen molar-refractivity contribution in [2.45, 2.75) is 105 Å². The van der Waals surface area contributed by atoms with Crippen LogP contribution in [-0.2, 0) is 36.0 Å². The molecular formula is C29H50ClFN4O6S. The molecule has 0 aliphatic rings. The number of halogens is 2. The Labute approximate surface area is 257 Å². The molecule has 242 valence electrons. The summed E-state index contributed by atoms with van der Waals surface area (Å²) in [6.07, 6.45) is 0.572. The minimum absolute atomic E-state index is 0. The normalized spacial score (nSPS) is 16.6. The van der Waals surface area contributed by atoms with E-state index in [1.807, 2.05) is 65.0 Å². The van der Waals surface area contributed by atoms with Crippen LogP contribution in [0.1, 0.15) is 73.3 Å². The molecule has 0 fully saturated rings. The summed E-state index contributed by atoms with van der Waals surface area (Å²) in [5.74, 6) is -3.14. The number of rotatable bonds is 18. The molecule has 10 nitrogen and oxygen atoms in total. The number of carbonyl (C=O) groups excluding carboxylic acids is 3. The van der Waals surface area contributed by atoms with E-state index in [9.17, 15) is 26.7 Å². The zero-order valence-corrected chi connectivity index (χ0v) is 27.4. The number of carbonyl (C=O) groups is 3. The van der Waals surface area contributed by atoms with Gasteiger partial charge in [0, 0.05) is 6.04 Å². The fraction of sp³-hybridized carbons (Fsp3) is 0.690. The minimum atomic E-state index is -4.88. The van der Waals surface area contributed by atoms with E-state index in [0.29, 0.717) is 12.8 Å². The van der Waals surface area contributed by atoms with Crippen molar-refractivity contribution < 1.29 is 31.4 Å². The first-order valence-electron chi connectivity index (χ1n) is 14.3. The first-order valence-corrected chi connectivity index (χ1v) is 15.9. The highest BCUT2D eigenvalue weighted by molar-refractivity contribution is 7.86. The molecule has 0 aliphatic heterocycles. The average molecular weight is 637 g/mol. The van der Waals surface area contributed by atoms with E-state index in [-0.39, 0.29) is 43.2 Å². The molecule has 13 heteroatoms. The number of nitrogens with one attached hydrogen (secondary N) is 3. The van der Waals surface area contributed by atoms with Crippen molar-refractivity contribution in [3.63, 3.8) is 0 Å². The third-order valence-corrected chi connectivity index (χ3v) is 8.06. The Balaban J connectivity index is 0.0000168. The van der Waals surface area contributed by atoms with Crippen molar-refractivity contribution in [2.75, 3.05) is 5.75 Å². The number of amides is 3. The van der Waals surface area contributed by atoms with Crippen LogP contribution in [0.2, 0.25) is 0 Å². The molecule has 1 rings (SSSR count). The van der Waals surface area contributed by atoms with Crippen molar-refractivity contribution in [1.29, 1.82) is 0 Å². The topological polar surface area (TPSA) is 157 Å². The third kappa shape index (κ3) is 14.3. The second kappa shape index (κ2) is 19.1. The summed E-state index contributed by atoms with van der Waals surface area (Å²) in [6.45, 7) is 12.8. The van der Waals surface area contributed by atoms with E-state index in [0.717, 1.165) is 5.56 Å². The molecule has 5 N–H and O–H groups in total. The Hall–Kier alpha value is -2.28. The third-order valence-electron chi connectivity index (χ3n) is 7.26. The van der Waals surface area contributed by atoms with Gasteiger partial charge in [-0.05, 0) is 36.7 Å². The average Bonchev–Trinajstić information content (AvgIpc) is 2.90. The van der Waals surface area contributed by atoms with Crippen LogP contribution < -0.4 is 21.7 Å². The maximum absolute atomic E-state index is 13.6. The largest absolute Gasteiger partial charge is 0.371 e. The molecule has 0 bridgehead atoms. The van der Waals surface area contributed by atoms with Crippen LogP contribution >= 0.6 is 12.4 Å². The van der Waals surface area contributed by atoms with Gasteiger partial charge in [0.15, 0.2) is 0 Å². The summed E-state index contributed by atoms with van der Waals surface area (Å²) in [5.41, 5.74) is 6.93. The Morgan fingerprint density at radius 1 is 0.857 bits per heavy atom. The minimum Gasteiger partial charge on any atom is -0.371 e. The van der Waals surface area contributed by atoms with Crippen LogP contribution in [-0.4, -0.2) is 62.2 Å². The van der Waals surface area contributed by atoms with E-state index in [1.54, 1.807) is 13.8 Å². The van der Waals surface area contributed by atoms with E-state index < -0.39 is 64.0 Å². The van der Waals surface area contributed by atoms with Crippen LogP contribution in [0.5, 0.6) is 0 Å². The predicted molar refractivity (Wildman–Crippen MR) is 165 cm³/mol. The van der Waals surface area contributed by atoms with Gasteiger partial charge in [-0.15, -0.1) is 16.3 Å². The standard InChI is InChI=1S/C29H49FN4O6S.ClH/c1-8-19(5)24(31)27(35)33-25(20(6)9-2)28(36)34-26(21(7)40-16-22-13-11-10-12-14-22)29(37)32-23(15-18(3)4)17-41(30,38)39;/h10-14,18-21,23-26H,8-9,15-17,31H2,1-7H3,(H,32,37)(H,33,35)(H,34,36);1H/t19-,20-,21+,23-,24-,25-,26-;/m0./s1. The Bertz CT molecular complexity index is 1080. The van der Waals surface area contributed by atoms with E-state index in [2.05, 4.69) is 16.0 Å². The molecule has 3 amide bonds. The first-order chi connectivity index (χ1) is 19.1. The zero-order chi connectivity index (χ0) is 31.3. The molecular weight excluding hydrogens is 587 g/mol. The predicted octanol–water partition coefficient (Wildman–Crippen LogP) is 3.23. The molecule has 0 saturated heterocycles. The lowest BCUT2D eigenvalue weighted by Crippen LogP contribution is -2.61. The molecule has 0 aliphatic carbocycles. The van der Waals surface area contributed by atoms with Crippen molar-refractivity contribution in [1.82, 2.24) is 16.0 Å². The molecule has 0 unspecified atom stereocenters. The fourth-order valence-electron chi connectivity index (χ4n) is 4.27. The molecule has 1 aromatic carbocycles. The first kappa shape index (κ1) is 39.7. The SMILES string of the molecule is CC[C@H](C)[C@H](N)C(=O)N[C@H](C(=O)N[C@H](C(=O)N[C@@H](CC(C)C)CS(=O)(=O)F)[C@@H](C)OCc1ccccc1)[C@@H](C)CC.Cl. The van der Waals surface area contributed by atoms with Gasteiger partial charge < -0.3 is 26.4 Å². The summed E-state index contributed by atoms with van der Waals surface area (Å²) in [5, 5.41) is 8.04. The van der Waals surface area contributed by atoms with Gasteiger partial charge in [0.05, 0.1) is 18.8 Å².